The molecule has 0 spiro atoms. The molecule has 0 saturated heterocycles. The van der Waals surface area contributed by atoms with E-state index in [9.17, 15) is 0 Å². The zero-order valence-corrected chi connectivity index (χ0v) is 13.3. The van der Waals surface area contributed by atoms with Gasteiger partial charge >= 0.3 is 0 Å². The Morgan fingerprint density at radius 3 is 2.05 bits per heavy atom. The first-order chi connectivity index (χ1) is 8.93. The SMILES string of the molecule is CC(C)N(C(C)C)C(CCc1ccccc1)C(N)=S. The highest BCUT2D eigenvalue weighted by molar-refractivity contribution is 7.80. The quantitative estimate of drug-likeness (QED) is 0.775. The minimum Gasteiger partial charge on any atom is -0.392 e. The second kappa shape index (κ2) is 7.61. The van der Waals surface area contributed by atoms with Crippen molar-refractivity contribution < 1.29 is 0 Å². The summed E-state index contributed by atoms with van der Waals surface area (Å²) < 4.78 is 0. The van der Waals surface area contributed by atoms with Gasteiger partial charge in [-0.1, -0.05) is 42.5 Å². The van der Waals surface area contributed by atoms with Gasteiger partial charge in [-0.25, -0.2) is 0 Å². The lowest BCUT2D eigenvalue weighted by Crippen LogP contribution is -2.50. The van der Waals surface area contributed by atoms with E-state index in [4.69, 9.17) is 18.0 Å². The van der Waals surface area contributed by atoms with E-state index >= 15 is 0 Å². The molecule has 0 heterocycles. The van der Waals surface area contributed by atoms with Gasteiger partial charge in [0.25, 0.3) is 0 Å². The molecule has 0 radical (unpaired) electrons. The van der Waals surface area contributed by atoms with Crippen LogP contribution in [0.2, 0.25) is 0 Å². The van der Waals surface area contributed by atoms with E-state index in [1.165, 1.54) is 5.56 Å². The number of rotatable bonds is 7. The normalized spacial score (nSPS) is 13.2. The first-order valence-corrected chi connectivity index (χ1v) is 7.45. The molecule has 106 valence electrons. The molecule has 3 heteroatoms. The van der Waals surface area contributed by atoms with Crippen LogP contribution >= 0.6 is 12.2 Å². The van der Waals surface area contributed by atoms with E-state index in [1.807, 2.05) is 6.07 Å². The van der Waals surface area contributed by atoms with E-state index in [0.717, 1.165) is 12.8 Å². The highest BCUT2D eigenvalue weighted by Gasteiger charge is 2.25. The highest BCUT2D eigenvalue weighted by Crippen LogP contribution is 2.16. The van der Waals surface area contributed by atoms with Crippen molar-refractivity contribution in [1.29, 1.82) is 0 Å². The fourth-order valence-electron chi connectivity index (χ4n) is 2.70. The van der Waals surface area contributed by atoms with E-state index in [0.29, 0.717) is 17.1 Å². The highest BCUT2D eigenvalue weighted by atomic mass is 32.1. The summed E-state index contributed by atoms with van der Waals surface area (Å²) in [5.41, 5.74) is 7.31. The summed E-state index contributed by atoms with van der Waals surface area (Å²) in [6.07, 6.45) is 1.99. The van der Waals surface area contributed by atoms with Gasteiger partial charge in [0.2, 0.25) is 0 Å². The molecular formula is C16H26N2S. The standard InChI is InChI=1S/C16H26N2S/c1-12(2)18(13(3)4)15(16(17)19)11-10-14-8-6-5-7-9-14/h5-9,12-13,15H,10-11H2,1-4H3,(H2,17,19). The van der Waals surface area contributed by atoms with E-state index in [2.05, 4.69) is 56.9 Å². The number of benzene rings is 1. The van der Waals surface area contributed by atoms with Gasteiger partial charge in [-0.3, -0.25) is 4.90 Å². The lowest BCUT2D eigenvalue weighted by atomic mass is 10.0. The van der Waals surface area contributed by atoms with Crippen molar-refractivity contribution in [2.45, 2.75) is 58.7 Å². The van der Waals surface area contributed by atoms with Gasteiger partial charge in [0.1, 0.15) is 0 Å². The summed E-state index contributed by atoms with van der Waals surface area (Å²) in [5, 5.41) is 0. The zero-order valence-electron chi connectivity index (χ0n) is 12.5. The van der Waals surface area contributed by atoms with Crippen molar-refractivity contribution in [3.8, 4) is 0 Å². The predicted molar refractivity (Wildman–Crippen MR) is 87.4 cm³/mol. The largest absolute Gasteiger partial charge is 0.392 e. The molecule has 0 aromatic heterocycles. The van der Waals surface area contributed by atoms with Gasteiger partial charge in [-0.05, 0) is 46.1 Å². The van der Waals surface area contributed by atoms with Crippen LogP contribution in [0.15, 0.2) is 30.3 Å². The van der Waals surface area contributed by atoms with Crippen LogP contribution in [0.3, 0.4) is 0 Å². The van der Waals surface area contributed by atoms with Crippen molar-refractivity contribution in [1.82, 2.24) is 4.90 Å². The molecule has 1 unspecified atom stereocenters. The number of hydrogen-bond acceptors (Lipinski definition) is 2. The molecule has 1 rings (SSSR count). The van der Waals surface area contributed by atoms with E-state index < -0.39 is 0 Å². The maximum absolute atomic E-state index is 5.97. The minimum atomic E-state index is 0.176. The molecule has 0 fully saturated rings. The van der Waals surface area contributed by atoms with Gasteiger partial charge < -0.3 is 5.73 Å². The zero-order chi connectivity index (χ0) is 14.4. The predicted octanol–water partition coefficient (Wildman–Crippen LogP) is 3.39. The Morgan fingerprint density at radius 2 is 1.63 bits per heavy atom. The Kier molecular flexibility index (Phi) is 6.46. The number of thiocarbonyl (C=S) groups is 1. The number of aryl methyl sites for hydroxylation is 1. The Balaban J connectivity index is 2.75. The van der Waals surface area contributed by atoms with Gasteiger partial charge in [-0.15, -0.1) is 0 Å². The van der Waals surface area contributed by atoms with Crippen LogP contribution in [0.4, 0.5) is 0 Å². The molecule has 2 N–H and O–H groups in total. The first-order valence-electron chi connectivity index (χ1n) is 7.04. The van der Waals surface area contributed by atoms with Crippen LogP contribution in [0, 0.1) is 0 Å². The lowest BCUT2D eigenvalue weighted by Gasteiger charge is -2.37. The fourth-order valence-corrected chi connectivity index (χ4v) is 2.94. The molecule has 0 aliphatic carbocycles. The summed E-state index contributed by atoms with van der Waals surface area (Å²) in [5.74, 6) is 0. The minimum absolute atomic E-state index is 0.176. The molecule has 0 amide bonds. The van der Waals surface area contributed by atoms with Gasteiger partial charge in [0.05, 0.1) is 11.0 Å². The second-order valence-corrected chi connectivity index (χ2v) is 6.05. The van der Waals surface area contributed by atoms with Crippen LogP contribution in [-0.4, -0.2) is 28.0 Å². The van der Waals surface area contributed by atoms with Gasteiger partial charge in [0, 0.05) is 12.1 Å². The summed E-state index contributed by atoms with van der Waals surface area (Å²) in [6.45, 7) is 8.81. The van der Waals surface area contributed by atoms with Crippen LogP contribution in [-0.2, 0) is 6.42 Å². The second-order valence-electron chi connectivity index (χ2n) is 5.58. The molecule has 1 aromatic carbocycles. The van der Waals surface area contributed by atoms with Gasteiger partial charge in [-0.2, -0.15) is 0 Å². The van der Waals surface area contributed by atoms with Crippen LogP contribution in [0.1, 0.15) is 39.7 Å². The smallest absolute Gasteiger partial charge is 0.0902 e. The average molecular weight is 278 g/mol. The van der Waals surface area contributed by atoms with E-state index in [-0.39, 0.29) is 6.04 Å². The Morgan fingerprint density at radius 1 is 1.11 bits per heavy atom. The van der Waals surface area contributed by atoms with Crippen molar-refractivity contribution >= 4 is 17.2 Å². The Bertz CT molecular complexity index is 379. The molecule has 0 saturated carbocycles. The molecule has 0 aliphatic heterocycles. The molecule has 1 atom stereocenters. The Hall–Kier alpha value is -0.930. The number of nitrogens with two attached hydrogens (primary N) is 1. The first kappa shape index (κ1) is 16.1. The summed E-state index contributed by atoms with van der Waals surface area (Å²) >= 11 is 5.28. The molecular weight excluding hydrogens is 252 g/mol. The monoisotopic (exact) mass is 278 g/mol. The Labute approximate surface area is 123 Å². The number of nitrogens with zero attached hydrogens (tertiary/aromatic N) is 1. The fraction of sp³-hybridized carbons (Fsp3) is 0.562. The number of hydrogen-bond donors (Lipinski definition) is 1. The van der Waals surface area contributed by atoms with Crippen molar-refractivity contribution in [2.24, 2.45) is 5.73 Å². The van der Waals surface area contributed by atoms with Crippen LogP contribution in [0.5, 0.6) is 0 Å². The maximum Gasteiger partial charge on any atom is 0.0902 e. The molecule has 0 bridgehead atoms. The molecule has 19 heavy (non-hydrogen) atoms. The maximum atomic E-state index is 5.97. The lowest BCUT2D eigenvalue weighted by molar-refractivity contribution is 0.143. The van der Waals surface area contributed by atoms with Crippen molar-refractivity contribution in [3.63, 3.8) is 0 Å². The molecule has 0 aliphatic rings. The third-order valence-corrected chi connectivity index (χ3v) is 3.70. The third-order valence-electron chi connectivity index (χ3n) is 3.43. The third kappa shape index (κ3) is 4.92. The average Bonchev–Trinajstić information content (AvgIpc) is 2.34. The van der Waals surface area contributed by atoms with Gasteiger partial charge in [0.15, 0.2) is 0 Å². The van der Waals surface area contributed by atoms with Crippen molar-refractivity contribution in [2.75, 3.05) is 0 Å². The summed E-state index contributed by atoms with van der Waals surface area (Å²) in [7, 11) is 0. The topological polar surface area (TPSA) is 29.3 Å². The van der Waals surface area contributed by atoms with E-state index in [1.54, 1.807) is 0 Å². The molecule has 1 aromatic rings. The summed E-state index contributed by atoms with van der Waals surface area (Å²) in [6, 6.07) is 11.6. The van der Waals surface area contributed by atoms with Crippen LogP contribution in [0.25, 0.3) is 0 Å². The van der Waals surface area contributed by atoms with Crippen molar-refractivity contribution in [3.05, 3.63) is 35.9 Å². The summed E-state index contributed by atoms with van der Waals surface area (Å²) in [4.78, 5) is 3.02. The molecule has 2 nitrogen and oxygen atoms in total. The van der Waals surface area contributed by atoms with Crippen LogP contribution < -0.4 is 5.73 Å².